The molecule has 2 saturated heterocycles. The molecule has 6 heteroatoms. The Hall–Kier alpha value is -2.57. The summed E-state index contributed by atoms with van der Waals surface area (Å²) in [7, 11) is 0. The number of carbonyl (C=O) groups excluding carboxylic acids is 1. The van der Waals surface area contributed by atoms with Gasteiger partial charge in [0.2, 0.25) is 12.7 Å². The highest BCUT2D eigenvalue weighted by atomic mass is 16.7. The maximum Gasteiger partial charge on any atom is 0.237 e. The van der Waals surface area contributed by atoms with Crippen molar-refractivity contribution in [1.29, 1.82) is 0 Å². The maximum absolute atomic E-state index is 13.2. The van der Waals surface area contributed by atoms with Crippen molar-refractivity contribution in [2.24, 2.45) is 0 Å². The third kappa shape index (κ3) is 4.27. The van der Waals surface area contributed by atoms with Gasteiger partial charge in [0.1, 0.15) is 0 Å². The molecule has 3 aliphatic heterocycles. The quantitative estimate of drug-likeness (QED) is 0.775. The van der Waals surface area contributed by atoms with Gasteiger partial charge in [0.15, 0.2) is 11.5 Å². The summed E-state index contributed by atoms with van der Waals surface area (Å²) in [6.07, 6.45) is 3.74. The Morgan fingerprint density at radius 2 is 1.87 bits per heavy atom. The van der Waals surface area contributed by atoms with Gasteiger partial charge < -0.3 is 19.5 Å². The number of benzene rings is 2. The number of hydrogen-bond donors (Lipinski definition) is 1. The van der Waals surface area contributed by atoms with Gasteiger partial charge in [0, 0.05) is 31.7 Å². The highest BCUT2D eigenvalue weighted by Gasteiger charge is 2.38. The smallest absolute Gasteiger partial charge is 0.237 e. The van der Waals surface area contributed by atoms with Crippen LogP contribution in [0.5, 0.6) is 11.5 Å². The van der Waals surface area contributed by atoms with E-state index in [-0.39, 0.29) is 24.2 Å². The van der Waals surface area contributed by atoms with Crippen LogP contribution < -0.4 is 14.8 Å². The van der Waals surface area contributed by atoms with Gasteiger partial charge in [0.05, 0.1) is 6.04 Å². The molecule has 0 saturated carbocycles. The van der Waals surface area contributed by atoms with E-state index < -0.39 is 0 Å². The second-order valence-corrected chi connectivity index (χ2v) is 8.79. The van der Waals surface area contributed by atoms with Crippen LogP contribution >= 0.6 is 0 Å². The molecule has 0 spiro atoms. The number of likely N-dealkylation sites (tertiary alicyclic amines) is 1. The zero-order valence-electron chi connectivity index (χ0n) is 17.8. The normalized spacial score (nSPS) is 22.4. The summed E-state index contributed by atoms with van der Waals surface area (Å²) in [4.78, 5) is 15.5. The first-order valence-corrected chi connectivity index (χ1v) is 11.3. The van der Waals surface area contributed by atoms with E-state index in [1.165, 1.54) is 11.1 Å². The van der Waals surface area contributed by atoms with Crippen LogP contribution in [0.15, 0.2) is 48.5 Å². The first-order chi connectivity index (χ1) is 15.2. The average Bonchev–Trinajstić information content (AvgIpc) is 3.48. The number of hydrogen-bond acceptors (Lipinski definition) is 5. The molecule has 0 bridgehead atoms. The molecule has 2 fully saturated rings. The number of carbonyl (C=O) groups is 1. The maximum atomic E-state index is 13.2. The summed E-state index contributed by atoms with van der Waals surface area (Å²) in [5.41, 5.74) is 2.30. The van der Waals surface area contributed by atoms with E-state index >= 15 is 0 Å². The van der Waals surface area contributed by atoms with Crippen molar-refractivity contribution in [1.82, 2.24) is 10.2 Å². The van der Waals surface area contributed by atoms with Crippen molar-refractivity contribution >= 4 is 5.91 Å². The van der Waals surface area contributed by atoms with E-state index in [2.05, 4.69) is 46.6 Å². The van der Waals surface area contributed by atoms with Crippen LogP contribution in [-0.2, 0) is 21.5 Å². The molecule has 2 aromatic carbocycles. The molecule has 0 radical (unpaired) electrons. The van der Waals surface area contributed by atoms with Gasteiger partial charge in [-0.05, 0) is 55.5 Å². The minimum absolute atomic E-state index is 0.0612. The summed E-state index contributed by atoms with van der Waals surface area (Å²) in [5.74, 6) is 1.72. The number of nitrogens with zero attached hydrogens (tertiary/aromatic N) is 1. The molecule has 0 aromatic heterocycles. The van der Waals surface area contributed by atoms with Gasteiger partial charge in [-0.2, -0.15) is 0 Å². The van der Waals surface area contributed by atoms with Crippen molar-refractivity contribution in [3.8, 4) is 11.5 Å². The summed E-state index contributed by atoms with van der Waals surface area (Å²) >= 11 is 0. The first kappa shape index (κ1) is 20.3. The van der Waals surface area contributed by atoms with Crippen LogP contribution in [0.4, 0.5) is 0 Å². The Bertz CT molecular complexity index is 911. The summed E-state index contributed by atoms with van der Waals surface area (Å²) in [6.45, 7) is 4.07. The first-order valence-electron chi connectivity index (χ1n) is 11.3. The van der Waals surface area contributed by atoms with Gasteiger partial charge in [-0.25, -0.2) is 0 Å². The Morgan fingerprint density at radius 1 is 1.06 bits per heavy atom. The summed E-state index contributed by atoms with van der Waals surface area (Å²) < 4.78 is 16.7. The summed E-state index contributed by atoms with van der Waals surface area (Å²) in [6, 6.07) is 16.5. The largest absolute Gasteiger partial charge is 0.454 e. The van der Waals surface area contributed by atoms with Crippen LogP contribution in [0.1, 0.15) is 36.8 Å². The SMILES string of the molecule is O=C(NCC1(c2ccc3c(c2)OCO3)CCOCC1)[C@H]1CCCN1Cc1ccccc1. The lowest BCUT2D eigenvalue weighted by Crippen LogP contribution is -2.49. The molecule has 1 amide bonds. The van der Waals surface area contributed by atoms with Crippen molar-refractivity contribution < 1.29 is 19.0 Å². The fraction of sp³-hybridized carbons (Fsp3) is 0.480. The minimum Gasteiger partial charge on any atom is -0.454 e. The fourth-order valence-electron chi connectivity index (χ4n) is 5.06. The number of nitrogens with one attached hydrogen (secondary N) is 1. The van der Waals surface area contributed by atoms with Gasteiger partial charge in [-0.15, -0.1) is 0 Å². The zero-order valence-corrected chi connectivity index (χ0v) is 17.8. The van der Waals surface area contributed by atoms with E-state index in [4.69, 9.17) is 14.2 Å². The Balaban J connectivity index is 1.28. The zero-order chi connectivity index (χ0) is 21.1. The van der Waals surface area contributed by atoms with E-state index in [0.717, 1.165) is 50.3 Å². The lowest BCUT2D eigenvalue weighted by molar-refractivity contribution is -0.126. The predicted octanol–water partition coefficient (Wildman–Crippen LogP) is 3.24. The van der Waals surface area contributed by atoms with Crippen molar-refractivity contribution in [2.75, 3.05) is 33.1 Å². The molecule has 164 valence electrons. The van der Waals surface area contributed by atoms with Crippen LogP contribution in [0.3, 0.4) is 0 Å². The van der Waals surface area contributed by atoms with Crippen molar-refractivity contribution in [2.45, 2.75) is 43.7 Å². The van der Waals surface area contributed by atoms with E-state index in [9.17, 15) is 4.79 Å². The molecule has 3 heterocycles. The second-order valence-electron chi connectivity index (χ2n) is 8.79. The highest BCUT2D eigenvalue weighted by Crippen LogP contribution is 2.40. The molecule has 1 atom stereocenters. The number of fused-ring (bicyclic) bond motifs is 1. The van der Waals surface area contributed by atoms with Crippen LogP contribution in [0, 0.1) is 0 Å². The molecule has 2 aromatic rings. The van der Waals surface area contributed by atoms with Gasteiger partial charge in [-0.1, -0.05) is 36.4 Å². The molecular formula is C25H30N2O4. The average molecular weight is 423 g/mol. The monoisotopic (exact) mass is 422 g/mol. The van der Waals surface area contributed by atoms with Crippen LogP contribution in [0.25, 0.3) is 0 Å². The molecule has 0 aliphatic carbocycles. The van der Waals surface area contributed by atoms with E-state index in [1.807, 2.05) is 12.1 Å². The van der Waals surface area contributed by atoms with Crippen molar-refractivity contribution in [3.63, 3.8) is 0 Å². The topological polar surface area (TPSA) is 60.0 Å². The Morgan fingerprint density at radius 3 is 2.71 bits per heavy atom. The molecule has 5 rings (SSSR count). The minimum atomic E-state index is -0.141. The van der Waals surface area contributed by atoms with Crippen LogP contribution in [0.2, 0.25) is 0 Å². The lowest BCUT2D eigenvalue weighted by Gasteiger charge is -2.38. The molecule has 3 aliphatic rings. The second kappa shape index (κ2) is 8.89. The number of rotatable bonds is 6. The molecule has 1 N–H and O–H groups in total. The molecule has 6 nitrogen and oxygen atoms in total. The van der Waals surface area contributed by atoms with Gasteiger partial charge >= 0.3 is 0 Å². The van der Waals surface area contributed by atoms with Gasteiger partial charge in [0.25, 0.3) is 0 Å². The van der Waals surface area contributed by atoms with Gasteiger partial charge in [-0.3, -0.25) is 9.69 Å². The third-order valence-corrected chi connectivity index (χ3v) is 6.93. The predicted molar refractivity (Wildman–Crippen MR) is 117 cm³/mol. The Kier molecular flexibility index (Phi) is 5.83. The fourth-order valence-corrected chi connectivity index (χ4v) is 5.06. The van der Waals surface area contributed by atoms with Crippen molar-refractivity contribution in [3.05, 3.63) is 59.7 Å². The van der Waals surface area contributed by atoms with E-state index in [1.54, 1.807) is 0 Å². The highest BCUT2D eigenvalue weighted by molar-refractivity contribution is 5.82. The standard InChI is InChI=1S/C25H30N2O4/c28-24(21-7-4-12-27(21)16-19-5-2-1-3-6-19)26-17-25(10-13-29-14-11-25)20-8-9-22-23(15-20)31-18-30-22/h1-3,5-6,8-9,15,21H,4,7,10-14,16-18H2,(H,26,28)/t21-/m1/s1. The molecular weight excluding hydrogens is 392 g/mol. The Labute approximate surface area is 183 Å². The lowest BCUT2D eigenvalue weighted by atomic mass is 9.74. The summed E-state index contributed by atoms with van der Waals surface area (Å²) in [5, 5.41) is 3.31. The number of ether oxygens (including phenoxy) is 3. The third-order valence-electron chi connectivity index (χ3n) is 6.93. The van der Waals surface area contributed by atoms with E-state index in [0.29, 0.717) is 19.8 Å². The molecule has 0 unspecified atom stereocenters. The molecule has 31 heavy (non-hydrogen) atoms. The van der Waals surface area contributed by atoms with Crippen LogP contribution in [-0.4, -0.2) is 49.9 Å². The number of amides is 1.